The van der Waals surface area contributed by atoms with E-state index in [4.69, 9.17) is 4.74 Å². The Labute approximate surface area is 172 Å². The second-order valence-electron chi connectivity index (χ2n) is 7.49. The van der Waals surface area contributed by atoms with Crippen molar-refractivity contribution in [2.75, 3.05) is 13.1 Å². The van der Waals surface area contributed by atoms with Gasteiger partial charge in [0, 0.05) is 25.2 Å². The highest BCUT2D eigenvalue weighted by molar-refractivity contribution is 7.89. The molecule has 29 heavy (non-hydrogen) atoms. The number of piperidine rings is 1. The molecule has 1 heterocycles. The van der Waals surface area contributed by atoms with E-state index < -0.39 is 10.0 Å². The Balaban J connectivity index is 1.63. The van der Waals surface area contributed by atoms with E-state index in [-0.39, 0.29) is 23.5 Å². The highest BCUT2D eigenvalue weighted by Crippen LogP contribution is 2.21. The molecule has 0 aliphatic carbocycles. The Kier molecular flexibility index (Phi) is 6.92. The Hall–Kier alpha value is -2.38. The van der Waals surface area contributed by atoms with Crippen molar-refractivity contribution in [3.8, 4) is 5.75 Å². The van der Waals surface area contributed by atoms with E-state index in [0.717, 1.165) is 24.8 Å². The molecule has 1 fully saturated rings. The van der Waals surface area contributed by atoms with Crippen LogP contribution in [-0.2, 0) is 16.6 Å². The minimum atomic E-state index is -3.48. The van der Waals surface area contributed by atoms with Crippen molar-refractivity contribution in [3.05, 3.63) is 59.7 Å². The van der Waals surface area contributed by atoms with Crippen molar-refractivity contribution in [2.45, 2.75) is 50.7 Å². The third kappa shape index (κ3) is 5.58. The number of carbonyl (C=O) groups excluding carboxylic acids is 1. The van der Waals surface area contributed by atoms with Crippen LogP contribution in [-0.4, -0.2) is 37.8 Å². The van der Waals surface area contributed by atoms with Crippen molar-refractivity contribution in [1.82, 2.24) is 9.62 Å². The van der Waals surface area contributed by atoms with E-state index in [1.165, 1.54) is 0 Å². The third-order valence-corrected chi connectivity index (χ3v) is 6.69. The minimum Gasteiger partial charge on any atom is -0.491 e. The maximum absolute atomic E-state index is 12.8. The van der Waals surface area contributed by atoms with Crippen molar-refractivity contribution in [2.24, 2.45) is 0 Å². The van der Waals surface area contributed by atoms with Crippen LogP contribution < -0.4 is 10.1 Å². The van der Waals surface area contributed by atoms with E-state index in [1.807, 2.05) is 19.9 Å². The Morgan fingerprint density at radius 3 is 2.41 bits per heavy atom. The second-order valence-corrected chi connectivity index (χ2v) is 9.42. The zero-order chi connectivity index (χ0) is 20.9. The molecule has 0 aromatic heterocycles. The standard InChI is InChI=1S/C22H28N2O4S/c1-17(2)28-20-11-9-19(10-12-20)22(25)23-16-18-7-6-8-21(15-18)29(26,27)24-13-4-3-5-14-24/h6-12,15,17H,3-5,13-14,16H2,1-2H3,(H,23,25). The van der Waals surface area contributed by atoms with Crippen LogP contribution >= 0.6 is 0 Å². The quantitative estimate of drug-likeness (QED) is 0.749. The molecular weight excluding hydrogens is 388 g/mol. The molecule has 2 aromatic rings. The van der Waals surface area contributed by atoms with Crippen LogP contribution in [0, 0.1) is 0 Å². The average Bonchev–Trinajstić information content (AvgIpc) is 2.73. The van der Waals surface area contributed by atoms with Gasteiger partial charge in [-0.25, -0.2) is 8.42 Å². The number of amides is 1. The predicted molar refractivity (Wildman–Crippen MR) is 112 cm³/mol. The average molecular weight is 417 g/mol. The SMILES string of the molecule is CC(C)Oc1ccc(C(=O)NCc2cccc(S(=O)(=O)N3CCCCC3)c2)cc1. The molecule has 7 heteroatoms. The lowest BCUT2D eigenvalue weighted by atomic mass is 10.2. The van der Waals surface area contributed by atoms with Crippen LogP contribution in [0.15, 0.2) is 53.4 Å². The van der Waals surface area contributed by atoms with E-state index >= 15 is 0 Å². The summed E-state index contributed by atoms with van der Waals surface area (Å²) in [4.78, 5) is 12.7. The first kappa shape index (κ1) is 21.3. The van der Waals surface area contributed by atoms with E-state index in [9.17, 15) is 13.2 Å². The fourth-order valence-electron chi connectivity index (χ4n) is 3.31. The van der Waals surface area contributed by atoms with Crippen LogP contribution in [0.3, 0.4) is 0 Å². The summed E-state index contributed by atoms with van der Waals surface area (Å²) in [6.07, 6.45) is 2.94. The van der Waals surface area contributed by atoms with Crippen molar-refractivity contribution >= 4 is 15.9 Å². The number of hydrogen-bond donors (Lipinski definition) is 1. The largest absolute Gasteiger partial charge is 0.491 e. The summed E-state index contributed by atoms with van der Waals surface area (Å²) in [5, 5.41) is 2.85. The van der Waals surface area contributed by atoms with Gasteiger partial charge in [-0.1, -0.05) is 18.6 Å². The Bertz CT molecular complexity index is 934. The molecule has 6 nitrogen and oxygen atoms in total. The summed E-state index contributed by atoms with van der Waals surface area (Å²) in [5.41, 5.74) is 1.27. The fraction of sp³-hybridized carbons (Fsp3) is 0.409. The van der Waals surface area contributed by atoms with E-state index in [0.29, 0.717) is 24.4 Å². The summed E-state index contributed by atoms with van der Waals surface area (Å²) >= 11 is 0. The topological polar surface area (TPSA) is 75.7 Å². The molecule has 3 rings (SSSR count). The van der Waals surface area contributed by atoms with Gasteiger partial charge in [-0.15, -0.1) is 0 Å². The molecule has 1 N–H and O–H groups in total. The fourth-order valence-corrected chi connectivity index (χ4v) is 4.90. The third-order valence-electron chi connectivity index (χ3n) is 4.79. The lowest BCUT2D eigenvalue weighted by Gasteiger charge is -2.26. The molecule has 0 saturated carbocycles. The number of carbonyl (C=O) groups is 1. The number of sulfonamides is 1. The molecule has 2 aromatic carbocycles. The predicted octanol–water partition coefficient (Wildman–Crippen LogP) is 3.58. The van der Waals surface area contributed by atoms with Gasteiger partial charge in [-0.3, -0.25) is 4.79 Å². The van der Waals surface area contributed by atoms with Crippen LogP contribution in [0.25, 0.3) is 0 Å². The lowest BCUT2D eigenvalue weighted by molar-refractivity contribution is 0.0951. The van der Waals surface area contributed by atoms with Gasteiger partial charge in [0.05, 0.1) is 11.0 Å². The zero-order valence-electron chi connectivity index (χ0n) is 16.9. The molecular formula is C22H28N2O4S. The first-order valence-electron chi connectivity index (χ1n) is 10.0. The highest BCUT2D eigenvalue weighted by Gasteiger charge is 2.25. The number of nitrogens with one attached hydrogen (secondary N) is 1. The Morgan fingerprint density at radius 2 is 1.76 bits per heavy atom. The van der Waals surface area contributed by atoms with Gasteiger partial charge in [-0.05, 0) is 68.7 Å². The van der Waals surface area contributed by atoms with Gasteiger partial charge in [0.1, 0.15) is 5.75 Å². The van der Waals surface area contributed by atoms with Crippen LogP contribution in [0.4, 0.5) is 0 Å². The van der Waals surface area contributed by atoms with Gasteiger partial charge in [0.2, 0.25) is 10.0 Å². The van der Waals surface area contributed by atoms with Gasteiger partial charge in [0.25, 0.3) is 5.91 Å². The normalized spacial score (nSPS) is 15.3. The smallest absolute Gasteiger partial charge is 0.251 e. The zero-order valence-corrected chi connectivity index (χ0v) is 17.7. The molecule has 1 aliphatic heterocycles. The lowest BCUT2D eigenvalue weighted by Crippen LogP contribution is -2.35. The van der Waals surface area contributed by atoms with Gasteiger partial charge < -0.3 is 10.1 Å². The number of benzene rings is 2. The van der Waals surface area contributed by atoms with Crippen molar-refractivity contribution in [3.63, 3.8) is 0 Å². The molecule has 0 unspecified atom stereocenters. The molecule has 1 saturated heterocycles. The molecule has 1 amide bonds. The number of hydrogen-bond acceptors (Lipinski definition) is 4. The molecule has 0 radical (unpaired) electrons. The first-order chi connectivity index (χ1) is 13.9. The monoisotopic (exact) mass is 416 g/mol. The first-order valence-corrected chi connectivity index (χ1v) is 11.4. The van der Waals surface area contributed by atoms with Crippen LogP contribution in [0.2, 0.25) is 0 Å². The van der Waals surface area contributed by atoms with Gasteiger partial charge in [-0.2, -0.15) is 4.31 Å². The summed E-state index contributed by atoms with van der Waals surface area (Å²) < 4.78 is 32.8. The molecule has 156 valence electrons. The summed E-state index contributed by atoms with van der Waals surface area (Å²) in [5.74, 6) is 0.498. The minimum absolute atomic E-state index is 0.0724. The van der Waals surface area contributed by atoms with Crippen molar-refractivity contribution in [1.29, 1.82) is 0 Å². The summed E-state index contributed by atoms with van der Waals surface area (Å²) in [6.45, 7) is 5.28. The molecule has 1 aliphatic rings. The molecule has 0 spiro atoms. The van der Waals surface area contributed by atoms with Crippen molar-refractivity contribution < 1.29 is 17.9 Å². The second kappa shape index (κ2) is 9.41. The number of nitrogens with zero attached hydrogens (tertiary/aromatic N) is 1. The summed E-state index contributed by atoms with van der Waals surface area (Å²) in [6, 6.07) is 13.7. The molecule has 0 atom stereocenters. The highest BCUT2D eigenvalue weighted by atomic mass is 32.2. The van der Waals surface area contributed by atoms with Gasteiger partial charge >= 0.3 is 0 Å². The van der Waals surface area contributed by atoms with E-state index in [2.05, 4.69) is 5.32 Å². The van der Waals surface area contributed by atoms with Crippen LogP contribution in [0.1, 0.15) is 49.0 Å². The number of ether oxygens (including phenoxy) is 1. The Morgan fingerprint density at radius 1 is 1.07 bits per heavy atom. The van der Waals surface area contributed by atoms with Gasteiger partial charge in [0.15, 0.2) is 0 Å². The molecule has 0 bridgehead atoms. The number of rotatable bonds is 7. The maximum Gasteiger partial charge on any atom is 0.251 e. The maximum atomic E-state index is 12.8. The summed E-state index contributed by atoms with van der Waals surface area (Å²) in [7, 11) is -3.48. The van der Waals surface area contributed by atoms with Crippen LogP contribution in [0.5, 0.6) is 5.75 Å². The van der Waals surface area contributed by atoms with E-state index in [1.54, 1.807) is 46.8 Å².